The second-order valence-electron chi connectivity index (χ2n) is 3.29. The number of halogens is 2. The van der Waals surface area contributed by atoms with E-state index in [2.05, 4.69) is 5.32 Å². The highest BCUT2D eigenvalue weighted by Crippen LogP contribution is 2.16. The van der Waals surface area contributed by atoms with Gasteiger partial charge in [-0.1, -0.05) is 11.6 Å². The molecule has 1 heterocycles. The van der Waals surface area contributed by atoms with E-state index in [1.807, 2.05) is 24.3 Å². The maximum absolute atomic E-state index is 5.75. The molecular formula is C10H13Cl2NO. The van der Waals surface area contributed by atoms with Crippen molar-refractivity contribution in [2.45, 2.75) is 0 Å². The van der Waals surface area contributed by atoms with Gasteiger partial charge in [0.2, 0.25) is 0 Å². The van der Waals surface area contributed by atoms with Crippen LogP contribution in [0.25, 0.3) is 0 Å². The van der Waals surface area contributed by atoms with Gasteiger partial charge in [-0.3, -0.25) is 0 Å². The Bertz CT molecular complexity index is 272. The van der Waals surface area contributed by atoms with E-state index in [1.54, 1.807) is 0 Å². The van der Waals surface area contributed by atoms with E-state index in [-0.39, 0.29) is 12.4 Å². The van der Waals surface area contributed by atoms with Gasteiger partial charge in [-0.15, -0.1) is 12.4 Å². The highest BCUT2D eigenvalue weighted by atomic mass is 35.5. The highest BCUT2D eigenvalue weighted by molar-refractivity contribution is 6.30. The van der Waals surface area contributed by atoms with Crippen LogP contribution < -0.4 is 10.1 Å². The van der Waals surface area contributed by atoms with Crippen molar-refractivity contribution >= 4 is 24.0 Å². The van der Waals surface area contributed by atoms with Gasteiger partial charge in [0.05, 0.1) is 6.61 Å². The molecule has 0 bridgehead atoms. The molecule has 1 aromatic rings. The Morgan fingerprint density at radius 3 is 2.43 bits per heavy atom. The summed E-state index contributed by atoms with van der Waals surface area (Å²) in [6, 6.07) is 7.48. The predicted molar refractivity (Wildman–Crippen MR) is 60.6 cm³/mol. The van der Waals surface area contributed by atoms with Gasteiger partial charge >= 0.3 is 0 Å². The fourth-order valence-corrected chi connectivity index (χ4v) is 1.34. The summed E-state index contributed by atoms with van der Waals surface area (Å²) in [5, 5.41) is 3.95. The zero-order chi connectivity index (χ0) is 9.10. The third-order valence-electron chi connectivity index (χ3n) is 2.17. The summed E-state index contributed by atoms with van der Waals surface area (Å²) < 4.78 is 5.57. The molecule has 0 aliphatic carbocycles. The average Bonchev–Trinajstić information content (AvgIpc) is 2.05. The Kier molecular flexibility index (Phi) is 4.52. The molecule has 0 spiro atoms. The van der Waals surface area contributed by atoms with Crippen molar-refractivity contribution in [1.29, 1.82) is 0 Å². The lowest BCUT2D eigenvalue weighted by atomic mass is 10.1. The zero-order valence-corrected chi connectivity index (χ0v) is 9.27. The van der Waals surface area contributed by atoms with Crippen LogP contribution in [0.5, 0.6) is 5.75 Å². The molecule has 0 amide bonds. The molecule has 0 atom stereocenters. The van der Waals surface area contributed by atoms with Crippen LogP contribution in [-0.2, 0) is 0 Å². The Labute approximate surface area is 95.0 Å². The lowest BCUT2D eigenvalue weighted by Crippen LogP contribution is -2.45. The smallest absolute Gasteiger partial charge is 0.119 e. The Hall–Kier alpha value is -0.440. The third kappa shape index (κ3) is 3.05. The SMILES string of the molecule is Cl.Clc1ccc(OCC2CNC2)cc1. The molecule has 4 heteroatoms. The number of rotatable bonds is 3. The van der Waals surface area contributed by atoms with Gasteiger partial charge < -0.3 is 10.1 Å². The quantitative estimate of drug-likeness (QED) is 0.866. The van der Waals surface area contributed by atoms with Gasteiger partial charge in [0.25, 0.3) is 0 Å². The third-order valence-corrected chi connectivity index (χ3v) is 2.42. The molecule has 2 rings (SSSR count). The minimum absolute atomic E-state index is 0. The van der Waals surface area contributed by atoms with Gasteiger partial charge in [-0.25, -0.2) is 0 Å². The average molecular weight is 234 g/mol. The fourth-order valence-electron chi connectivity index (χ4n) is 1.21. The van der Waals surface area contributed by atoms with Crippen LogP contribution in [0.1, 0.15) is 0 Å². The van der Waals surface area contributed by atoms with Gasteiger partial charge in [-0.05, 0) is 24.3 Å². The van der Waals surface area contributed by atoms with E-state index in [4.69, 9.17) is 16.3 Å². The molecule has 1 aromatic carbocycles. The second kappa shape index (κ2) is 5.44. The van der Waals surface area contributed by atoms with Crippen LogP contribution in [0, 0.1) is 5.92 Å². The minimum Gasteiger partial charge on any atom is -0.493 e. The van der Waals surface area contributed by atoms with Crippen molar-refractivity contribution in [2.75, 3.05) is 19.7 Å². The van der Waals surface area contributed by atoms with E-state index in [9.17, 15) is 0 Å². The summed E-state index contributed by atoms with van der Waals surface area (Å²) in [5.41, 5.74) is 0. The molecule has 14 heavy (non-hydrogen) atoms. The van der Waals surface area contributed by atoms with Crippen molar-refractivity contribution in [3.63, 3.8) is 0 Å². The monoisotopic (exact) mass is 233 g/mol. The summed E-state index contributed by atoms with van der Waals surface area (Å²) in [4.78, 5) is 0. The second-order valence-corrected chi connectivity index (χ2v) is 3.73. The van der Waals surface area contributed by atoms with Crippen molar-refractivity contribution in [3.8, 4) is 5.75 Å². The van der Waals surface area contributed by atoms with Crippen LogP contribution in [-0.4, -0.2) is 19.7 Å². The highest BCUT2D eigenvalue weighted by Gasteiger charge is 2.16. The topological polar surface area (TPSA) is 21.3 Å². The summed E-state index contributed by atoms with van der Waals surface area (Å²) in [6.07, 6.45) is 0. The number of benzene rings is 1. The van der Waals surface area contributed by atoms with E-state index in [0.717, 1.165) is 30.5 Å². The van der Waals surface area contributed by atoms with Crippen LogP contribution in [0.15, 0.2) is 24.3 Å². The van der Waals surface area contributed by atoms with E-state index < -0.39 is 0 Å². The molecule has 0 radical (unpaired) electrons. The summed E-state index contributed by atoms with van der Waals surface area (Å²) >= 11 is 5.75. The standard InChI is InChI=1S/C10H12ClNO.ClH/c11-9-1-3-10(4-2-9)13-7-8-5-12-6-8;/h1-4,8,12H,5-7H2;1H. The maximum atomic E-state index is 5.75. The molecule has 1 N–H and O–H groups in total. The lowest BCUT2D eigenvalue weighted by Gasteiger charge is -2.26. The van der Waals surface area contributed by atoms with Gasteiger partial charge in [0, 0.05) is 24.0 Å². The first-order chi connectivity index (χ1) is 6.34. The first-order valence-electron chi connectivity index (χ1n) is 4.44. The number of ether oxygens (including phenoxy) is 1. The molecule has 1 aliphatic heterocycles. The lowest BCUT2D eigenvalue weighted by molar-refractivity contribution is 0.199. The Morgan fingerprint density at radius 2 is 1.93 bits per heavy atom. The van der Waals surface area contributed by atoms with Crippen LogP contribution >= 0.6 is 24.0 Å². The molecule has 1 aliphatic rings. The molecule has 1 saturated heterocycles. The summed E-state index contributed by atoms with van der Waals surface area (Å²) in [5.74, 6) is 1.58. The Morgan fingerprint density at radius 1 is 1.29 bits per heavy atom. The number of hydrogen-bond donors (Lipinski definition) is 1. The maximum Gasteiger partial charge on any atom is 0.119 e. The molecule has 0 aromatic heterocycles. The van der Waals surface area contributed by atoms with E-state index >= 15 is 0 Å². The number of hydrogen-bond acceptors (Lipinski definition) is 2. The molecule has 0 unspecified atom stereocenters. The molecular weight excluding hydrogens is 221 g/mol. The molecule has 78 valence electrons. The zero-order valence-electron chi connectivity index (χ0n) is 7.70. The first kappa shape index (κ1) is 11.6. The normalized spacial score (nSPS) is 15.5. The molecule has 1 fully saturated rings. The van der Waals surface area contributed by atoms with Crippen LogP contribution in [0.4, 0.5) is 0 Å². The number of nitrogens with one attached hydrogen (secondary N) is 1. The van der Waals surface area contributed by atoms with Crippen molar-refractivity contribution in [3.05, 3.63) is 29.3 Å². The largest absolute Gasteiger partial charge is 0.493 e. The molecule has 0 saturated carbocycles. The summed E-state index contributed by atoms with van der Waals surface area (Å²) in [6.45, 7) is 2.95. The van der Waals surface area contributed by atoms with Gasteiger partial charge in [-0.2, -0.15) is 0 Å². The first-order valence-corrected chi connectivity index (χ1v) is 4.81. The van der Waals surface area contributed by atoms with Crippen LogP contribution in [0.3, 0.4) is 0 Å². The fraction of sp³-hybridized carbons (Fsp3) is 0.400. The van der Waals surface area contributed by atoms with E-state index in [0.29, 0.717) is 5.92 Å². The minimum atomic E-state index is 0. The molecule has 2 nitrogen and oxygen atoms in total. The van der Waals surface area contributed by atoms with Crippen LogP contribution in [0.2, 0.25) is 5.02 Å². The van der Waals surface area contributed by atoms with Gasteiger partial charge in [0.1, 0.15) is 5.75 Å². The van der Waals surface area contributed by atoms with Crippen molar-refractivity contribution < 1.29 is 4.74 Å². The Balaban J connectivity index is 0.000000980. The van der Waals surface area contributed by atoms with Gasteiger partial charge in [0.15, 0.2) is 0 Å². The van der Waals surface area contributed by atoms with E-state index in [1.165, 1.54) is 0 Å². The predicted octanol–water partition coefficient (Wildman–Crippen LogP) is 2.36. The van der Waals surface area contributed by atoms with Crippen molar-refractivity contribution in [2.24, 2.45) is 5.92 Å². The van der Waals surface area contributed by atoms with Crippen molar-refractivity contribution in [1.82, 2.24) is 5.32 Å². The summed E-state index contributed by atoms with van der Waals surface area (Å²) in [7, 11) is 0.